The molecule has 4 nitrogen and oxygen atoms in total. The average Bonchev–Trinajstić information content (AvgIpc) is 2.47. The molecule has 0 fully saturated rings. The highest BCUT2D eigenvalue weighted by atomic mass is 35.5. The Labute approximate surface area is 125 Å². The Hall–Kier alpha value is -2.40. The molecule has 2 aromatic carbocycles. The van der Waals surface area contributed by atoms with Crippen molar-refractivity contribution in [2.24, 2.45) is 0 Å². The van der Waals surface area contributed by atoms with Crippen LogP contribution in [0.3, 0.4) is 0 Å². The second-order valence-corrected chi connectivity index (χ2v) is 4.82. The van der Waals surface area contributed by atoms with Crippen molar-refractivity contribution in [2.45, 2.75) is 6.92 Å². The van der Waals surface area contributed by atoms with Crippen LogP contribution >= 0.6 is 11.6 Å². The van der Waals surface area contributed by atoms with Crippen LogP contribution in [0.25, 0.3) is 0 Å². The SMILES string of the molecule is Cc1ccc(C(=O)NNC(=O)c2cccc(Cl)c2)cc1F. The summed E-state index contributed by atoms with van der Waals surface area (Å²) in [5.74, 6) is -1.61. The van der Waals surface area contributed by atoms with Crippen molar-refractivity contribution in [2.75, 3.05) is 0 Å². The third-order valence-electron chi connectivity index (χ3n) is 2.81. The first-order valence-electron chi connectivity index (χ1n) is 6.10. The van der Waals surface area contributed by atoms with Crippen LogP contribution in [0.5, 0.6) is 0 Å². The molecule has 108 valence electrons. The van der Waals surface area contributed by atoms with E-state index in [-0.39, 0.29) is 5.56 Å². The number of halogens is 2. The van der Waals surface area contributed by atoms with Crippen molar-refractivity contribution >= 4 is 23.4 Å². The van der Waals surface area contributed by atoms with Gasteiger partial charge in [0.05, 0.1) is 0 Å². The molecule has 2 aromatic rings. The molecule has 0 aromatic heterocycles. The Morgan fingerprint density at radius 1 is 1.00 bits per heavy atom. The molecule has 6 heteroatoms. The third kappa shape index (κ3) is 3.79. The number of rotatable bonds is 2. The summed E-state index contributed by atoms with van der Waals surface area (Å²) in [6, 6.07) is 10.3. The van der Waals surface area contributed by atoms with E-state index in [0.717, 1.165) is 6.07 Å². The molecule has 0 bridgehead atoms. The molecule has 0 saturated heterocycles. The van der Waals surface area contributed by atoms with Gasteiger partial charge in [0.1, 0.15) is 5.82 Å². The van der Waals surface area contributed by atoms with Crippen LogP contribution in [0.1, 0.15) is 26.3 Å². The van der Waals surface area contributed by atoms with E-state index in [2.05, 4.69) is 10.9 Å². The Morgan fingerprint density at radius 2 is 1.62 bits per heavy atom. The summed E-state index contributed by atoms with van der Waals surface area (Å²) in [4.78, 5) is 23.6. The molecule has 0 unspecified atom stereocenters. The second-order valence-electron chi connectivity index (χ2n) is 4.38. The maximum atomic E-state index is 13.4. The van der Waals surface area contributed by atoms with Gasteiger partial charge in [0, 0.05) is 16.1 Å². The topological polar surface area (TPSA) is 58.2 Å². The van der Waals surface area contributed by atoms with Crippen LogP contribution in [-0.2, 0) is 0 Å². The summed E-state index contributed by atoms with van der Waals surface area (Å²) in [5, 5.41) is 0.412. The number of nitrogens with one attached hydrogen (secondary N) is 2. The average molecular weight is 307 g/mol. The molecule has 0 aliphatic rings. The fourth-order valence-electron chi connectivity index (χ4n) is 1.62. The maximum absolute atomic E-state index is 13.4. The molecule has 0 spiro atoms. The molecule has 0 aliphatic carbocycles. The smallest absolute Gasteiger partial charge is 0.267 e. The number of carbonyl (C=O) groups excluding carboxylic acids is 2. The molecule has 0 aliphatic heterocycles. The standard InChI is InChI=1S/C15H12ClFN2O2/c1-9-5-6-11(8-13(9)17)15(21)19-18-14(20)10-3-2-4-12(16)7-10/h2-8H,1H3,(H,18,20)(H,19,21). The minimum atomic E-state index is -0.607. The van der Waals surface area contributed by atoms with Gasteiger partial charge in [-0.1, -0.05) is 23.7 Å². The fourth-order valence-corrected chi connectivity index (χ4v) is 1.81. The highest BCUT2D eigenvalue weighted by Gasteiger charge is 2.10. The molecular formula is C15H12ClFN2O2. The Balaban J connectivity index is 2.00. The number of hydrogen-bond donors (Lipinski definition) is 2. The first-order chi connectivity index (χ1) is 9.97. The van der Waals surface area contributed by atoms with Gasteiger partial charge in [-0.05, 0) is 42.8 Å². The van der Waals surface area contributed by atoms with E-state index in [1.54, 1.807) is 25.1 Å². The highest BCUT2D eigenvalue weighted by molar-refractivity contribution is 6.30. The largest absolute Gasteiger partial charge is 0.269 e. The Bertz CT molecular complexity index is 704. The van der Waals surface area contributed by atoms with Crippen LogP contribution in [0, 0.1) is 12.7 Å². The number of aryl methyl sites for hydroxylation is 1. The zero-order valence-electron chi connectivity index (χ0n) is 11.1. The van der Waals surface area contributed by atoms with Gasteiger partial charge < -0.3 is 0 Å². The van der Waals surface area contributed by atoms with E-state index in [0.29, 0.717) is 16.1 Å². The van der Waals surface area contributed by atoms with Crippen LogP contribution in [0.15, 0.2) is 42.5 Å². The number of amides is 2. The second kappa shape index (κ2) is 6.37. The van der Waals surface area contributed by atoms with E-state index in [1.165, 1.54) is 18.2 Å². The van der Waals surface area contributed by atoms with E-state index >= 15 is 0 Å². The molecule has 2 rings (SSSR count). The lowest BCUT2D eigenvalue weighted by Gasteiger charge is -2.08. The number of benzene rings is 2. The van der Waals surface area contributed by atoms with Gasteiger partial charge in [0.15, 0.2) is 0 Å². The zero-order chi connectivity index (χ0) is 15.4. The van der Waals surface area contributed by atoms with Gasteiger partial charge in [0.2, 0.25) is 0 Å². The molecule has 0 atom stereocenters. The van der Waals surface area contributed by atoms with E-state index in [1.807, 2.05) is 0 Å². The highest BCUT2D eigenvalue weighted by Crippen LogP contribution is 2.11. The normalized spacial score (nSPS) is 10.0. The summed E-state index contributed by atoms with van der Waals surface area (Å²) in [6.07, 6.45) is 0. The predicted molar refractivity (Wildman–Crippen MR) is 77.5 cm³/mol. The van der Waals surface area contributed by atoms with Gasteiger partial charge in [-0.15, -0.1) is 0 Å². The number of hydrogen-bond acceptors (Lipinski definition) is 2. The van der Waals surface area contributed by atoms with Gasteiger partial charge in [-0.25, -0.2) is 4.39 Å². The molecule has 0 saturated carbocycles. The molecule has 2 N–H and O–H groups in total. The van der Waals surface area contributed by atoms with Gasteiger partial charge >= 0.3 is 0 Å². The van der Waals surface area contributed by atoms with Crippen LogP contribution in [0.4, 0.5) is 4.39 Å². The summed E-state index contributed by atoms with van der Waals surface area (Å²) in [7, 11) is 0. The Kier molecular flexibility index (Phi) is 4.55. The first kappa shape index (κ1) is 15.0. The monoisotopic (exact) mass is 306 g/mol. The maximum Gasteiger partial charge on any atom is 0.269 e. The van der Waals surface area contributed by atoms with Crippen molar-refractivity contribution in [3.05, 3.63) is 70.0 Å². The van der Waals surface area contributed by atoms with Gasteiger partial charge in [-0.2, -0.15) is 0 Å². The summed E-state index contributed by atoms with van der Waals surface area (Å²) in [5.41, 5.74) is 5.31. The van der Waals surface area contributed by atoms with Crippen LogP contribution < -0.4 is 10.9 Å². The first-order valence-corrected chi connectivity index (χ1v) is 6.47. The zero-order valence-corrected chi connectivity index (χ0v) is 11.9. The molecular weight excluding hydrogens is 295 g/mol. The Morgan fingerprint density at radius 3 is 2.19 bits per heavy atom. The van der Waals surface area contributed by atoms with Gasteiger partial charge in [-0.3, -0.25) is 20.4 Å². The van der Waals surface area contributed by atoms with Gasteiger partial charge in [0.25, 0.3) is 11.8 Å². The van der Waals surface area contributed by atoms with Crippen LogP contribution in [0.2, 0.25) is 5.02 Å². The quantitative estimate of drug-likeness (QED) is 0.838. The van der Waals surface area contributed by atoms with E-state index < -0.39 is 17.6 Å². The minimum Gasteiger partial charge on any atom is -0.267 e. The van der Waals surface area contributed by atoms with Crippen molar-refractivity contribution in [1.82, 2.24) is 10.9 Å². The predicted octanol–water partition coefficient (Wildman–Crippen LogP) is 2.86. The third-order valence-corrected chi connectivity index (χ3v) is 3.05. The summed E-state index contributed by atoms with van der Waals surface area (Å²) in [6.45, 7) is 1.60. The molecule has 0 heterocycles. The summed E-state index contributed by atoms with van der Waals surface area (Å²) < 4.78 is 13.4. The van der Waals surface area contributed by atoms with Crippen molar-refractivity contribution in [3.63, 3.8) is 0 Å². The molecule has 2 amide bonds. The fraction of sp³-hybridized carbons (Fsp3) is 0.0667. The van der Waals surface area contributed by atoms with Crippen molar-refractivity contribution in [3.8, 4) is 0 Å². The van der Waals surface area contributed by atoms with E-state index in [9.17, 15) is 14.0 Å². The summed E-state index contributed by atoms with van der Waals surface area (Å²) >= 11 is 5.77. The minimum absolute atomic E-state index is 0.115. The lowest BCUT2D eigenvalue weighted by Crippen LogP contribution is -2.41. The lowest BCUT2D eigenvalue weighted by molar-refractivity contribution is 0.0846. The molecule has 21 heavy (non-hydrogen) atoms. The van der Waals surface area contributed by atoms with E-state index in [4.69, 9.17) is 11.6 Å². The number of carbonyl (C=O) groups is 2. The van der Waals surface area contributed by atoms with Crippen molar-refractivity contribution < 1.29 is 14.0 Å². The van der Waals surface area contributed by atoms with Crippen LogP contribution in [-0.4, -0.2) is 11.8 Å². The number of hydrazine groups is 1. The lowest BCUT2D eigenvalue weighted by atomic mass is 10.1. The molecule has 0 radical (unpaired) electrons. The van der Waals surface area contributed by atoms with Crippen molar-refractivity contribution in [1.29, 1.82) is 0 Å².